The number of anilines is 1. The molecule has 0 radical (unpaired) electrons. The highest BCUT2D eigenvalue weighted by Gasteiger charge is 2.31. The molecule has 0 aliphatic heterocycles. The standard InChI is InChI=1S/C15H14F3NO2S/c1-10-8-12(21-15(16,17)18)9-14(11(10)2)19-22(20)13-6-4-3-5-7-13/h3-9,19H,1-2H3. The van der Waals surface area contributed by atoms with Gasteiger partial charge in [0.15, 0.2) is 0 Å². The summed E-state index contributed by atoms with van der Waals surface area (Å²) in [5.74, 6) is -0.344. The van der Waals surface area contributed by atoms with Crippen molar-refractivity contribution in [3.05, 3.63) is 53.6 Å². The fraction of sp³-hybridized carbons (Fsp3) is 0.200. The number of hydrogen-bond donors (Lipinski definition) is 1. The first-order valence-electron chi connectivity index (χ1n) is 6.37. The third-order valence-corrected chi connectivity index (χ3v) is 4.14. The molecule has 0 saturated heterocycles. The number of halogens is 3. The van der Waals surface area contributed by atoms with Gasteiger partial charge in [-0.25, -0.2) is 4.21 Å². The largest absolute Gasteiger partial charge is 0.573 e. The third-order valence-electron chi connectivity index (χ3n) is 3.03. The molecule has 0 aliphatic carbocycles. The summed E-state index contributed by atoms with van der Waals surface area (Å²) in [4.78, 5) is 0.529. The molecule has 22 heavy (non-hydrogen) atoms. The maximum absolute atomic E-state index is 12.3. The molecule has 0 heterocycles. The Labute approximate surface area is 128 Å². The van der Waals surface area contributed by atoms with E-state index in [0.717, 1.165) is 0 Å². The van der Waals surface area contributed by atoms with E-state index in [-0.39, 0.29) is 5.75 Å². The van der Waals surface area contributed by atoms with Crippen molar-refractivity contribution in [3.8, 4) is 5.75 Å². The van der Waals surface area contributed by atoms with Gasteiger partial charge in [0.25, 0.3) is 0 Å². The highest BCUT2D eigenvalue weighted by Crippen LogP contribution is 2.30. The van der Waals surface area contributed by atoms with Gasteiger partial charge in [-0.3, -0.25) is 0 Å². The van der Waals surface area contributed by atoms with Crippen LogP contribution in [0.3, 0.4) is 0 Å². The Morgan fingerprint density at radius 2 is 1.73 bits per heavy atom. The fourth-order valence-electron chi connectivity index (χ4n) is 1.83. The van der Waals surface area contributed by atoms with E-state index in [2.05, 4.69) is 9.46 Å². The number of hydrogen-bond acceptors (Lipinski definition) is 2. The van der Waals surface area contributed by atoms with Crippen LogP contribution in [0.2, 0.25) is 0 Å². The predicted octanol–water partition coefficient (Wildman–Crippen LogP) is 4.34. The van der Waals surface area contributed by atoms with Crippen molar-refractivity contribution in [2.75, 3.05) is 4.72 Å². The molecule has 0 fully saturated rings. The van der Waals surface area contributed by atoms with Crippen LogP contribution in [0.25, 0.3) is 0 Å². The molecule has 2 rings (SSSR count). The zero-order chi connectivity index (χ0) is 16.3. The first kappa shape index (κ1) is 16.4. The summed E-state index contributed by atoms with van der Waals surface area (Å²) in [5, 5.41) is 0. The Morgan fingerprint density at radius 1 is 1.09 bits per heavy atom. The SMILES string of the molecule is Cc1cc(OC(F)(F)F)cc(NS(=O)c2ccccc2)c1C. The summed E-state index contributed by atoms with van der Waals surface area (Å²) in [6, 6.07) is 11.1. The predicted molar refractivity (Wildman–Crippen MR) is 79.1 cm³/mol. The molecule has 7 heteroatoms. The molecule has 1 unspecified atom stereocenters. The highest BCUT2D eigenvalue weighted by atomic mass is 32.2. The zero-order valence-electron chi connectivity index (χ0n) is 11.9. The van der Waals surface area contributed by atoms with Gasteiger partial charge in [0.1, 0.15) is 16.7 Å². The molecule has 2 aromatic carbocycles. The van der Waals surface area contributed by atoms with Crippen molar-refractivity contribution in [2.45, 2.75) is 25.1 Å². The molecule has 0 aromatic heterocycles. The quantitative estimate of drug-likeness (QED) is 0.906. The fourth-order valence-corrected chi connectivity index (χ4v) is 2.76. The van der Waals surface area contributed by atoms with Gasteiger partial charge in [0.2, 0.25) is 0 Å². The van der Waals surface area contributed by atoms with Crippen molar-refractivity contribution in [3.63, 3.8) is 0 Å². The van der Waals surface area contributed by atoms with Gasteiger partial charge >= 0.3 is 6.36 Å². The smallest absolute Gasteiger partial charge is 0.406 e. The normalized spacial score (nSPS) is 12.8. The van der Waals surface area contributed by atoms with Crippen LogP contribution in [-0.4, -0.2) is 10.6 Å². The van der Waals surface area contributed by atoms with E-state index in [4.69, 9.17) is 0 Å². The average Bonchev–Trinajstić information content (AvgIpc) is 2.43. The molecule has 0 aliphatic rings. The summed E-state index contributed by atoms with van der Waals surface area (Å²) in [6.45, 7) is 3.40. The first-order chi connectivity index (χ1) is 10.3. The molecule has 2 aromatic rings. The number of benzene rings is 2. The second-order valence-electron chi connectivity index (χ2n) is 4.64. The van der Waals surface area contributed by atoms with Crippen LogP contribution in [0, 0.1) is 13.8 Å². The average molecular weight is 329 g/mol. The molecular weight excluding hydrogens is 315 g/mol. The van der Waals surface area contributed by atoms with Crippen LogP contribution in [0.5, 0.6) is 5.75 Å². The van der Waals surface area contributed by atoms with Crippen LogP contribution >= 0.6 is 0 Å². The van der Waals surface area contributed by atoms with E-state index in [9.17, 15) is 17.4 Å². The second-order valence-corrected chi connectivity index (χ2v) is 5.86. The van der Waals surface area contributed by atoms with Gasteiger partial charge in [0, 0.05) is 6.07 Å². The summed E-state index contributed by atoms with van der Waals surface area (Å²) in [7, 11) is -1.57. The number of aryl methyl sites for hydroxylation is 1. The molecule has 3 nitrogen and oxygen atoms in total. The Bertz CT molecular complexity index is 687. The van der Waals surface area contributed by atoms with Crippen LogP contribution in [0.1, 0.15) is 11.1 Å². The van der Waals surface area contributed by atoms with Crippen molar-refractivity contribution < 1.29 is 22.1 Å². The second kappa shape index (κ2) is 6.39. The minimum absolute atomic E-state index is 0.335. The Morgan fingerprint density at radius 3 is 2.32 bits per heavy atom. The van der Waals surface area contributed by atoms with E-state index in [1.807, 2.05) is 0 Å². The zero-order valence-corrected chi connectivity index (χ0v) is 12.7. The van der Waals surface area contributed by atoms with Crippen molar-refractivity contribution in [2.24, 2.45) is 0 Å². The molecule has 0 bridgehead atoms. The van der Waals surface area contributed by atoms with E-state index in [0.29, 0.717) is 21.7 Å². The lowest BCUT2D eigenvalue weighted by atomic mass is 10.1. The van der Waals surface area contributed by atoms with Gasteiger partial charge in [-0.1, -0.05) is 18.2 Å². The Hall–Kier alpha value is -2.02. The van der Waals surface area contributed by atoms with Crippen LogP contribution in [0.4, 0.5) is 18.9 Å². The van der Waals surface area contributed by atoms with Gasteiger partial charge in [0.05, 0.1) is 10.6 Å². The lowest BCUT2D eigenvalue weighted by Gasteiger charge is -2.15. The monoisotopic (exact) mass is 329 g/mol. The number of rotatable bonds is 4. The molecule has 0 spiro atoms. The van der Waals surface area contributed by atoms with Crippen molar-refractivity contribution in [1.82, 2.24) is 0 Å². The minimum Gasteiger partial charge on any atom is -0.406 e. The van der Waals surface area contributed by atoms with Crippen molar-refractivity contribution >= 4 is 16.7 Å². The van der Waals surface area contributed by atoms with Crippen LogP contribution in [-0.2, 0) is 11.0 Å². The van der Waals surface area contributed by atoms with Crippen LogP contribution in [0.15, 0.2) is 47.4 Å². The lowest BCUT2D eigenvalue weighted by Crippen LogP contribution is -2.17. The summed E-state index contributed by atoms with van der Waals surface area (Å²) in [6.07, 6.45) is -4.77. The topological polar surface area (TPSA) is 38.3 Å². The summed E-state index contributed by atoms with van der Waals surface area (Å²) >= 11 is 0. The maximum atomic E-state index is 12.3. The maximum Gasteiger partial charge on any atom is 0.573 e. The van der Waals surface area contributed by atoms with E-state index < -0.39 is 17.3 Å². The van der Waals surface area contributed by atoms with E-state index >= 15 is 0 Å². The molecule has 0 amide bonds. The first-order valence-corrected chi connectivity index (χ1v) is 7.52. The molecule has 118 valence electrons. The minimum atomic E-state index is -4.77. The molecular formula is C15H14F3NO2S. The van der Waals surface area contributed by atoms with E-state index in [1.54, 1.807) is 44.2 Å². The molecule has 1 atom stereocenters. The number of nitrogens with one attached hydrogen (secondary N) is 1. The highest BCUT2D eigenvalue weighted by molar-refractivity contribution is 7.86. The Kier molecular flexibility index (Phi) is 4.75. The molecule has 1 N–H and O–H groups in total. The molecule has 0 saturated carbocycles. The lowest BCUT2D eigenvalue weighted by molar-refractivity contribution is -0.274. The van der Waals surface area contributed by atoms with Gasteiger partial charge in [-0.2, -0.15) is 0 Å². The Balaban J connectivity index is 2.28. The van der Waals surface area contributed by atoms with Gasteiger partial charge in [-0.05, 0) is 43.2 Å². The van der Waals surface area contributed by atoms with Gasteiger partial charge in [-0.15, -0.1) is 13.2 Å². The van der Waals surface area contributed by atoms with E-state index in [1.165, 1.54) is 12.1 Å². The summed E-state index contributed by atoms with van der Waals surface area (Å²) < 4.78 is 55.8. The van der Waals surface area contributed by atoms with Crippen LogP contribution < -0.4 is 9.46 Å². The third kappa shape index (κ3) is 4.24. The van der Waals surface area contributed by atoms with Gasteiger partial charge < -0.3 is 9.46 Å². The van der Waals surface area contributed by atoms with Crippen molar-refractivity contribution in [1.29, 1.82) is 0 Å². The number of ether oxygens (including phenoxy) is 1. The number of alkyl halides is 3. The summed E-state index contributed by atoms with van der Waals surface area (Å²) in [5.41, 5.74) is 1.65.